The fourth-order valence-electron chi connectivity index (χ4n) is 2.51. The molecule has 0 aromatic heterocycles. The molecule has 2 heterocycles. The molecule has 7 nitrogen and oxygen atoms in total. The molecule has 22 heavy (non-hydrogen) atoms. The molecule has 9 heteroatoms. The lowest BCUT2D eigenvalue weighted by molar-refractivity contribution is 0.141. The monoisotopic (exact) mass is 313 g/mol. The minimum absolute atomic E-state index is 0.0279. The molecule has 0 radical (unpaired) electrons. The second kappa shape index (κ2) is 5.09. The highest BCUT2D eigenvalue weighted by Gasteiger charge is 2.37. The number of carbonyl (C=O) groups is 2. The standard InChI is InChI=1S/C13H13F2N3O4/c1-17-11-7(5-21-12(17)19)10(15)9(2-8(11)14)18-4-6(3-16)22-13(18)20/h2,6H,3-5,16H2,1H3. The van der Waals surface area contributed by atoms with Crippen molar-refractivity contribution in [3.05, 3.63) is 23.3 Å². The average Bonchev–Trinajstić information content (AvgIpc) is 2.86. The van der Waals surface area contributed by atoms with Crippen molar-refractivity contribution in [2.75, 3.05) is 29.9 Å². The second-order valence-corrected chi connectivity index (χ2v) is 4.98. The van der Waals surface area contributed by atoms with Crippen LogP contribution in [0, 0.1) is 11.6 Å². The molecule has 2 amide bonds. The third-order valence-corrected chi connectivity index (χ3v) is 3.64. The van der Waals surface area contributed by atoms with Crippen LogP contribution in [0.25, 0.3) is 0 Å². The topological polar surface area (TPSA) is 85.1 Å². The molecule has 118 valence electrons. The lowest BCUT2D eigenvalue weighted by atomic mass is 10.1. The van der Waals surface area contributed by atoms with E-state index >= 15 is 0 Å². The first-order valence-corrected chi connectivity index (χ1v) is 6.53. The zero-order valence-electron chi connectivity index (χ0n) is 11.6. The third kappa shape index (κ3) is 2.05. The van der Waals surface area contributed by atoms with Gasteiger partial charge in [-0.05, 0) is 0 Å². The summed E-state index contributed by atoms with van der Waals surface area (Å²) < 4.78 is 38.6. The molecule has 0 bridgehead atoms. The number of hydrogen-bond acceptors (Lipinski definition) is 5. The van der Waals surface area contributed by atoms with Crippen molar-refractivity contribution < 1.29 is 27.8 Å². The van der Waals surface area contributed by atoms with Gasteiger partial charge < -0.3 is 15.2 Å². The maximum absolute atomic E-state index is 14.6. The smallest absolute Gasteiger partial charge is 0.414 e. The van der Waals surface area contributed by atoms with Crippen molar-refractivity contribution in [1.29, 1.82) is 0 Å². The molecule has 2 aliphatic rings. The summed E-state index contributed by atoms with van der Waals surface area (Å²) in [5, 5.41) is 0. The number of nitrogens with zero attached hydrogens (tertiary/aromatic N) is 2. The van der Waals surface area contributed by atoms with E-state index in [2.05, 4.69) is 0 Å². The Hall–Kier alpha value is -2.42. The van der Waals surface area contributed by atoms with Crippen molar-refractivity contribution in [3.8, 4) is 0 Å². The van der Waals surface area contributed by atoms with E-state index in [-0.39, 0.29) is 30.0 Å². The fraction of sp³-hybridized carbons (Fsp3) is 0.385. The van der Waals surface area contributed by atoms with Crippen molar-refractivity contribution in [1.82, 2.24) is 0 Å². The van der Waals surface area contributed by atoms with Gasteiger partial charge in [-0.15, -0.1) is 0 Å². The summed E-state index contributed by atoms with van der Waals surface area (Å²) in [4.78, 5) is 25.0. The Morgan fingerprint density at radius 1 is 1.36 bits per heavy atom. The first kappa shape index (κ1) is 14.5. The highest BCUT2D eigenvalue weighted by atomic mass is 19.1. The van der Waals surface area contributed by atoms with Crippen LogP contribution in [0.4, 0.5) is 29.7 Å². The van der Waals surface area contributed by atoms with Gasteiger partial charge in [0.2, 0.25) is 0 Å². The summed E-state index contributed by atoms with van der Waals surface area (Å²) in [5.41, 5.74) is 4.83. The summed E-state index contributed by atoms with van der Waals surface area (Å²) in [6.45, 7) is -0.296. The fourth-order valence-corrected chi connectivity index (χ4v) is 2.51. The van der Waals surface area contributed by atoms with Crippen LogP contribution < -0.4 is 15.5 Å². The van der Waals surface area contributed by atoms with Gasteiger partial charge in [-0.1, -0.05) is 0 Å². The number of hydrogen-bond donors (Lipinski definition) is 1. The Bertz CT molecular complexity index is 667. The lowest BCUT2D eigenvalue weighted by Gasteiger charge is -2.28. The summed E-state index contributed by atoms with van der Waals surface area (Å²) in [7, 11) is 1.27. The number of anilines is 2. The van der Waals surface area contributed by atoms with E-state index in [1.807, 2.05) is 0 Å². The SMILES string of the molecule is CN1C(=O)OCc2c(F)c(N3CC(CN)OC3=O)cc(F)c21. The van der Waals surface area contributed by atoms with E-state index < -0.39 is 36.5 Å². The molecule has 0 spiro atoms. The zero-order valence-corrected chi connectivity index (χ0v) is 11.6. The van der Waals surface area contributed by atoms with Crippen LogP contribution in [0.2, 0.25) is 0 Å². The van der Waals surface area contributed by atoms with E-state index in [0.29, 0.717) is 0 Å². The number of benzene rings is 1. The molecule has 0 saturated carbocycles. The Morgan fingerprint density at radius 2 is 2.09 bits per heavy atom. The first-order chi connectivity index (χ1) is 10.4. The van der Waals surface area contributed by atoms with Gasteiger partial charge in [-0.3, -0.25) is 9.80 Å². The van der Waals surface area contributed by atoms with Gasteiger partial charge in [0.1, 0.15) is 18.5 Å². The molecular formula is C13H13F2N3O4. The predicted octanol–water partition coefficient (Wildman–Crippen LogP) is 1.34. The van der Waals surface area contributed by atoms with Crippen LogP contribution in [-0.2, 0) is 16.1 Å². The van der Waals surface area contributed by atoms with Crippen LogP contribution in [-0.4, -0.2) is 38.4 Å². The van der Waals surface area contributed by atoms with Crippen LogP contribution in [0.3, 0.4) is 0 Å². The van der Waals surface area contributed by atoms with Gasteiger partial charge in [0, 0.05) is 19.7 Å². The molecule has 3 rings (SSSR count). The normalized spacial score (nSPS) is 20.8. The van der Waals surface area contributed by atoms with Crippen LogP contribution in [0.5, 0.6) is 0 Å². The lowest BCUT2D eigenvalue weighted by Crippen LogP contribution is -2.34. The van der Waals surface area contributed by atoms with Gasteiger partial charge in [0.15, 0.2) is 5.82 Å². The largest absolute Gasteiger partial charge is 0.444 e. The minimum Gasteiger partial charge on any atom is -0.444 e. The summed E-state index contributed by atoms with van der Waals surface area (Å²) in [6.07, 6.45) is -2.15. The van der Waals surface area contributed by atoms with Crippen LogP contribution in [0.15, 0.2) is 6.07 Å². The van der Waals surface area contributed by atoms with E-state index in [9.17, 15) is 18.4 Å². The third-order valence-electron chi connectivity index (χ3n) is 3.64. The highest BCUT2D eigenvalue weighted by molar-refractivity contribution is 5.93. The number of fused-ring (bicyclic) bond motifs is 1. The van der Waals surface area contributed by atoms with Gasteiger partial charge in [0.05, 0.1) is 23.5 Å². The van der Waals surface area contributed by atoms with Gasteiger partial charge in [-0.2, -0.15) is 0 Å². The van der Waals surface area contributed by atoms with Crippen LogP contribution in [0.1, 0.15) is 5.56 Å². The second-order valence-electron chi connectivity index (χ2n) is 4.98. The summed E-state index contributed by atoms with van der Waals surface area (Å²) >= 11 is 0. The van der Waals surface area contributed by atoms with E-state index in [0.717, 1.165) is 15.9 Å². The molecule has 0 aliphatic carbocycles. The number of halogens is 2. The van der Waals surface area contributed by atoms with Crippen molar-refractivity contribution in [3.63, 3.8) is 0 Å². The van der Waals surface area contributed by atoms with Gasteiger partial charge in [0.25, 0.3) is 0 Å². The van der Waals surface area contributed by atoms with E-state index in [1.54, 1.807) is 0 Å². The maximum Gasteiger partial charge on any atom is 0.414 e. The molecule has 1 aromatic rings. The van der Waals surface area contributed by atoms with Gasteiger partial charge >= 0.3 is 12.2 Å². The predicted molar refractivity (Wildman–Crippen MR) is 71.6 cm³/mol. The minimum atomic E-state index is -0.828. The Labute approximate surface area is 124 Å². The van der Waals surface area contributed by atoms with E-state index in [4.69, 9.17) is 15.2 Å². The van der Waals surface area contributed by atoms with Crippen molar-refractivity contribution >= 4 is 23.6 Å². The zero-order chi connectivity index (χ0) is 16.0. The van der Waals surface area contributed by atoms with Gasteiger partial charge in [-0.25, -0.2) is 18.4 Å². The number of cyclic esters (lactones) is 2. The van der Waals surface area contributed by atoms with Crippen molar-refractivity contribution in [2.24, 2.45) is 5.73 Å². The highest BCUT2D eigenvalue weighted by Crippen LogP contribution is 2.37. The molecule has 1 fully saturated rings. The Morgan fingerprint density at radius 3 is 2.73 bits per heavy atom. The number of nitrogens with two attached hydrogens (primary N) is 1. The summed E-state index contributed by atoms with van der Waals surface area (Å²) in [5.74, 6) is -1.65. The molecule has 1 saturated heterocycles. The molecule has 1 atom stereocenters. The Kier molecular flexibility index (Phi) is 3.36. The number of amides is 2. The van der Waals surface area contributed by atoms with Crippen molar-refractivity contribution in [2.45, 2.75) is 12.7 Å². The quantitative estimate of drug-likeness (QED) is 0.890. The molecular weight excluding hydrogens is 300 g/mol. The summed E-state index contributed by atoms with van der Waals surface area (Å²) in [6, 6.07) is 0.865. The molecule has 2 N–H and O–H groups in total. The molecule has 1 aromatic carbocycles. The number of carbonyl (C=O) groups excluding carboxylic acids is 2. The number of ether oxygens (including phenoxy) is 2. The molecule has 1 unspecified atom stereocenters. The molecule has 2 aliphatic heterocycles. The first-order valence-electron chi connectivity index (χ1n) is 6.53. The maximum atomic E-state index is 14.6. The van der Waals surface area contributed by atoms with Crippen LogP contribution >= 0.6 is 0 Å². The number of rotatable bonds is 2. The average molecular weight is 313 g/mol. The van der Waals surface area contributed by atoms with E-state index in [1.165, 1.54) is 7.05 Å². The Balaban J connectivity index is 2.07.